The molecule has 0 spiro atoms. The molecule has 128 valence electrons. The summed E-state index contributed by atoms with van der Waals surface area (Å²) in [6.45, 7) is 0. The van der Waals surface area contributed by atoms with Crippen molar-refractivity contribution in [2.45, 2.75) is 43.4 Å². The number of hydrogen-bond donors (Lipinski definition) is 2. The number of alkyl halides is 1. The van der Waals surface area contributed by atoms with Gasteiger partial charge in [0.1, 0.15) is 0 Å². The minimum atomic E-state index is -0.404. The Balaban J connectivity index is 1.43. The van der Waals surface area contributed by atoms with E-state index in [1.807, 2.05) is 0 Å². The van der Waals surface area contributed by atoms with E-state index in [9.17, 15) is 9.59 Å². The van der Waals surface area contributed by atoms with Crippen LogP contribution in [0, 0.1) is 17.3 Å². The van der Waals surface area contributed by atoms with Gasteiger partial charge in [-0.1, -0.05) is 15.9 Å². The van der Waals surface area contributed by atoms with Gasteiger partial charge in [0.2, 0.25) is 5.91 Å². The quantitative estimate of drug-likeness (QED) is 0.574. The van der Waals surface area contributed by atoms with E-state index in [-0.39, 0.29) is 16.7 Å². The van der Waals surface area contributed by atoms with E-state index in [1.165, 1.54) is 6.42 Å². The largest absolute Gasteiger partial charge is 0.273 e. The number of amides is 2. The third kappa shape index (κ3) is 2.86. The van der Waals surface area contributed by atoms with E-state index in [0.29, 0.717) is 17.4 Å². The van der Waals surface area contributed by atoms with E-state index < -0.39 is 5.41 Å². The van der Waals surface area contributed by atoms with Crippen LogP contribution in [0.15, 0.2) is 28.7 Å². The molecule has 0 radical (unpaired) electrons. The summed E-state index contributed by atoms with van der Waals surface area (Å²) in [5.41, 5.74) is 5.33. The topological polar surface area (TPSA) is 58.2 Å². The maximum Gasteiger partial charge on any atom is 0.269 e. The summed E-state index contributed by atoms with van der Waals surface area (Å²) in [4.78, 5) is 24.8. The first-order valence-corrected chi connectivity index (χ1v) is 9.60. The van der Waals surface area contributed by atoms with Crippen molar-refractivity contribution in [1.29, 1.82) is 0 Å². The minimum Gasteiger partial charge on any atom is -0.273 e. The zero-order chi connectivity index (χ0) is 16.9. The number of nitrogens with one attached hydrogen (secondary N) is 2. The molecule has 4 nitrogen and oxygen atoms in total. The highest BCUT2D eigenvalue weighted by Gasteiger charge is 2.60. The van der Waals surface area contributed by atoms with Crippen molar-refractivity contribution < 1.29 is 9.59 Å². The van der Waals surface area contributed by atoms with E-state index in [4.69, 9.17) is 11.6 Å². The maximum atomic E-state index is 12.8. The van der Waals surface area contributed by atoms with Crippen LogP contribution < -0.4 is 10.9 Å². The highest BCUT2D eigenvalue weighted by Crippen LogP contribution is 2.63. The molecule has 4 aliphatic rings. The van der Waals surface area contributed by atoms with Gasteiger partial charge in [0, 0.05) is 14.9 Å². The van der Waals surface area contributed by atoms with Crippen molar-refractivity contribution in [2.75, 3.05) is 0 Å². The molecule has 0 aromatic heterocycles. The average molecular weight is 412 g/mol. The fourth-order valence-corrected chi connectivity index (χ4v) is 6.29. The van der Waals surface area contributed by atoms with E-state index >= 15 is 0 Å². The number of carbonyl (C=O) groups is 2. The van der Waals surface area contributed by atoms with Gasteiger partial charge in [-0.05, 0) is 74.6 Å². The second kappa shape index (κ2) is 5.73. The lowest BCUT2D eigenvalue weighted by molar-refractivity contribution is -0.145. The molecule has 5 rings (SSSR count). The van der Waals surface area contributed by atoms with Crippen molar-refractivity contribution in [3.05, 3.63) is 34.3 Å². The molecule has 4 atom stereocenters. The molecule has 2 N–H and O–H groups in total. The standard InChI is InChI=1S/C18H20BrClN2O2/c19-14-3-1-13(2-4-14)15(23)21-22-16(24)17-6-11-5-12(7-17)9-18(20,8-11)10-17/h1-4,11-12H,5-10H2,(H,21,23)(H,22,24)/t11-,12+,17?,18?. The number of halogens is 2. The summed E-state index contributed by atoms with van der Waals surface area (Å²) in [6, 6.07) is 7.02. The van der Waals surface area contributed by atoms with Gasteiger partial charge in [-0.15, -0.1) is 11.6 Å². The van der Waals surface area contributed by atoms with Crippen LogP contribution >= 0.6 is 27.5 Å². The third-order valence-electron chi connectivity index (χ3n) is 5.87. The molecule has 0 saturated heterocycles. The van der Waals surface area contributed by atoms with Crippen molar-refractivity contribution >= 4 is 39.3 Å². The number of hydrazine groups is 1. The molecule has 0 aliphatic heterocycles. The van der Waals surface area contributed by atoms with Gasteiger partial charge in [0.15, 0.2) is 0 Å². The van der Waals surface area contributed by atoms with E-state index in [1.54, 1.807) is 24.3 Å². The zero-order valence-corrected chi connectivity index (χ0v) is 15.6. The van der Waals surface area contributed by atoms with Crippen LogP contribution in [-0.4, -0.2) is 16.7 Å². The number of carbonyl (C=O) groups excluding carboxylic acids is 2. The summed E-state index contributed by atoms with van der Waals surface area (Å²) >= 11 is 10.1. The molecule has 4 saturated carbocycles. The molecule has 24 heavy (non-hydrogen) atoms. The second-order valence-corrected chi connectivity index (χ2v) is 9.52. The molecule has 4 fully saturated rings. The number of benzene rings is 1. The molecular weight excluding hydrogens is 392 g/mol. The van der Waals surface area contributed by atoms with Gasteiger partial charge in [0.05, 0.1) is 5.41 Å². The lowest BCUT2D eigenvalue weighted by Crippen LogP contribution is -2.60. The van der Waals surface area contributed by atoms with Crippen LogP contribution in [0.3, 0.4) is 0 Å². The molecule has 2 unspecified atom stereocenters. The van der Waals surface area contributed by atoms with E-state index in [2.05, 4.69) is 26.8 Å². The maximum absolute atomic E-state index is 12.8. The number of rotatable bonds is 2. The van der Waals surface area contributed by atoms with Gasteiger partial charge in [-0.25, -0.2) is 0 Å². The van der Waals surface area contributed by atoms with Crippen LogP contribution in [0.5, 0.6) is 0 Å². The highest BCUT2D eigenvalue weighted by molar-refractivity contribution is 9.10. The van der Waals surface area contributed by atoms with Gasteiger partial charge in [0.25, 0.3) is 5.91 Å². The molecule has 4 aliphatic carbocycles. The zero-order valence-electron chi connectivity index (χ0n) is 13.3. The Bertz CT molecular complexity index is 677. The number of hydrogen-bond acceptors (Lipinski definition) is 2. The summed E-state index contributed by atoms with van der Waals surface area (Å²) in [6.07, 6.45) is 5.80. The van der Waals surface area contributed by atoms with Crippen LogP contribution in [-0.2, 0) is 4.79 Å². The Morgan fingerprint density at radius 1 is 1.04 bits per heavy atom. The Morgan fingerprint density at radius 3 is 2.25 bits per heavy atom. The predicted molar refractivity (Wildman–Crippen MR) is 95.4 cm³/mol. The first kappa shape index (κ1) is 16.4. The van der Waals surface area contributed by atoms with Crippen molar-refractivity contribution in [2.24, 2.45) is 17.3 Å². The molecular formula is C18H20BrClN2O2. The fraction of sp³-hybridized carbons (Fsp3) is 0.556. The van der Waals surface area contributed by atoms with Crippen molar-refractivity contribution in [3.63, 3.8) is 0 Å². The van der Waals surface area contributed by atoms with Crippen LogP contribution in [0.4, 0.5) is 0 Å². The Kier molecular flexibility index (Phi) is 3.92. The minimum absolute atomic E-state index is 0.0768. The van der Waals surface area contributed by atoms with Gasteiger partial charge in [-0.3, -0.25) is 20.4 Å². The summed E-state index contributed by atoms with van der Waals surface area (Å²) < 4.78 is 0.907. The van der Waals surface area contributed by atoms with Crippen molar-refractivity contribution in [1.82, 2.24) is 10.9 Å². The molecule has 2 amide bonds. The molecule has 0 heterocycles. The first-order valence-electron chi connectivity index (χ1n) is 8.43. The lowest BCUT2D eigenvalue weighted by atomic mass is 9.49. The summed E-state index contributed by atoms with van der Waals surface area (Å²) in [5.74, 6) is 0.724. The van der Waals surface area contributed by atoms with Crippen LogP contribution in [0.2, 0.25) is 0 Å². The molecule has 1 aromatic rings. The van der Waals surface area contributed by atoms with Crippen LogP contribution in [0.1, 0.15) is 48.9 Å². The first-order chi connectivity index (χ1) is 11.4. The molecule has 6 heteroatoms. The second-order valence-electron chi connectivity index (χ2n) is 7.81. The predicted octanol–water partition coefficient (Wildman–Crippen LogP) is 3.79. The Hall–Kier alpha value is -1.07. The SMILES string of the molecule is O=C(NNC(=O)C12C[C@@H]3C[C@@H](CC(Cl)(C3)C1)C2)c1ccc(Br)cc1. The molecule has 4 bridgehead atoms. The Labute approximate surface area is 154 Å². The lowest BCUT2D eigenvalue weighted by Gasteiger charge is -2.59. The normalized spacial score (nSPS) is 36.4. The smallest absolute Gasteiger partial charge is 0.269 e. The monoisotopic (exact) mass is 410 g/mol. The third-order valence-corrected chi connectivity index (χ3v) is 6.84. The van der Waals surface area contributed by atoms with E-state index in [0.717, 1.165) is 36.6 Å². The van der Waals surface area contributed by atoms with Crippen LogP contribution in [0.25, 0.3) is 0 Å². The Morgan fingerprint density at radius 2 is 1.67 bits per heavy atom. The van der Waals surface area contributed by atoms with Crippen molar-refractivity contribution in [3.8, 4) is 0 Å². The summed E-state index contributed by atoms with van der Waals surface area (Å²) in [7, 11) is 0. The highest BCUT2D eigenvalue weighted by atomic mass is 79.9. The average Bonchev–Trinajstić information content (AvgIpc) is 2.50. The molecule has 1 aromatic carbocycles. The van der Waals surface area contributed by atoms with Gasteiger partial charge < -0.3 is 0 Å². The summed E-state index contributed by atoms with van der Waals surface area (Å²) in [5, 5.41) is 0. The van der Waals surface area contributed by atoms with Gasteiger partial charge in [-0.2, -0.15) is 0 Å². The fourth-order valence-electron chi connectivity index (χ4n) is 5.34. The van der Waals surface area contributed by atoms with Gasteiger partial charge >= 0.3 is 0 Å².